The number of hydrogen-bond donors (Lipinski definition) is 2. The highest BCUT2D eigenvalue weighted by Gasteiger charge is 2.68. The van der Waals surface area contributed by atoms with Crippen molar-refractivity contribution in [3.8, 4) is 11.5 Å². The van der Waals surface area contributed by atoms with E-state index in [0.717, 1.165) is 19.3 Å². The van der Waals surface area contributed by atoms with Gasteiger partial charge in [0.25, 0.3) is 5.91 Å². The Balaban J connectivity index is 1.45. The lowest BCUT2D eigenvalue weighted by atomic mass is 9.59. The lowest BCUT2D eigenvalue weighted by Gasteiger charge is -2.53. The third kappa shape index (κ3) is 3.05. The van der Waals surface area contributed by atoms with Gasteiger partial charge < -0.3 is 19.9 Å². The number of benzene rings is 2. The number of rotatable bonds is 4. The van der Waals surface area contributed by atoms with E-state index in [1.807, 2.05) is 6.07 Å². The average molecular weight is 422 g/mol. The van der Waals surface area contributed by atoms with Crippen LogP contribution in [0.25, 0.3) is 0 Å². The van der Waals surface area contributed by atoms with Crippen molar-refractivity contribution in [2.24, 2.45) is 22.7 Å². The standard InChI is InChI=1S/C26H31NO4/c1-25(2)18-14-19-22(16-7-5-4-6-8-16)31-12-11-26(19,15-18)24(25)27-23(29)17-9-10-21(30-3)20(28)13-17/h4-10,13,18-19,22,24,28H,11-12,14-15H2,1-3H3,(H,27,29)/t18-,19-,22-,24+,26?/m1/s1. The zero-order valence-corrected chi connectivity index (χ0v) is 18.4. The van der Waals surface area contributed by atoms with Crippen LogP contribution in [0, 0.1) is 22.7 Å². The van der Waals surface area contributed by atoms with Crippen LogP contribution in [0.3, 0.4) is 0 Å². The molecule has 1 spiro atoms. The average Bonchev–Trinajstić information content (AvgIpc) is 3.26. The van der Waals surface area contributed by atoms with E-state index >= 15 is 0 Å². The normalized spacial score (nSPS) is 33.0. The summed E-state index contributed by atoms with van der Waals surface area (Å²) in [5.41, 5.74) is 1.75. The van der Waals surface area contributed by atoms with Gasteiger partial charge in [-0.15, -0.1) is 0 Å². The Bertz CT molecular complexity index is 988. The summed E-state index contributed by atoms with van der Waals surface area (Å²) in [6, 6.07) is 15.4. The number of fused-ring (bicyclic) bond motifs is 1. The molecule has 3 aliphatic rings. The summed E-state index contributed by atoms with van der Waals surface area (Å²) in [7, 11) is 1.50. The van der Waals surface area contributed by atoms with E-state index in [1.54, 1.807) is 12.1 Å². The number of nitrogens with one attached hydrogen (secondary N) is 1. The SMILES string of the molecule is COc1ccc(C(=O)N[C@H]2C(C)(C)[C@@H]3C[C@@H]4[C@@H](c5ccccc5)OCCC42C3)cc1O. The molecule has 5 heteroatoms. The highest BCUT2D eigenvalue weighted by molar-refractivity contribution is 5.95. The molecule has 31 heavy (non-hydrogen) atoms. The molecule has 0 radical (unpaired) electrons. The van der Waals surface area contributed by atoms with E-state index in [1.165, 1.54) is 18.7 Å². The van der Waals surface area contributed by atoms with Crippen molar-refractivity contribution in [2.75, 3.05) is 13.7 Å². The maximum absolute atomic E-state index is 13.2. The molecular weight excluding hydrogens is 390 g/mol. The molecule has 1 heterocycles. The molecule has 5 rings (SSSR count). The molecule has 1 unspecified atom stereocenters. The minimum atomic E-state index is -0.139. The molecule has 2 aromatic rings. The van der Waals surface area contributed by atoms with Crippen molar-refractivity contribution in [3.05, 3.63) is 59.7 Å². The van der Waals surface area contributed by atoms with Crippen molar-refractivity contribution < 1.29 is 19.4 Å². The van der Waals surface area contributed by atoms with Crippen molar-refractivity contribution in [2.45, 2.75) is 45.3 Å². The molecule has 2 bridgehead atoms. The molecule has 5 atom stereocenters. The lowest BCUT2D eigenvalue weighted by molar-refractivity contribution is -0.120. The largest absolute Gasteiger partial charge is 0.504 e. The van der Waals surface area contributed by atoms with Crippen molar-refractivity contribution >= 4 is 5.91 Å². The number of methoxy groups -OCH3 is 1. The van der Waals surface area contributed by atoms with E-state index in [9.17, 15) is 9.90 Å². The Kier molecular flexibility index (Phi) is 4.78. The second-order valence-electron chi connectivity index (χ2n) is 10.0. The molecule has 1 aliphatic heterocycles. The third-order valence-electron chi connectivity index (χ3n) is 8.35. The molecule has 3 fully saturated rings. The van der Waals surface area contributed by atoms with Crippen LogP contribution in [-0.4, -0.2) is 30.8 Å². The number of ether oxygens (including phenoxy) is 2. The Morgan fingerprint density at radius 1 is 1.19 bits per heavy atom. The summed E-state index contributed by atoms with van der Waals surface area (Å²) in [4.78, 5) is 13.2. The van der Waals surface area contributed by atoms with Crippen molar-refractivity contribution in [1.29, 1.82) is 0 Å². The summed E-state index contributed by atoms with van der Waals surface area (Å²) < 4.78 is 11.4. The topological polar surface area (TPSA) is 67.8 Å². The van der Waals surface area contributed by atoms with E-state index in [-0.39, 0.29) is 34.6 Å². The van der Waals surface area contributed by atoms with Gasteiger partial charge in [0.2, 0.25) is 0 Å². The van der Waals surface area contributed by atoms with Crippen LogP contribution in [0.15, 0.2) is 48.5 Å². The van der Waals surface area contributed by atoms with Gasteiger partial charge in [0.1, 0.15) is 0 Å². The minimum absolute atomic E-state index is 0.0131. The maximum atomic E-state index is 13.2. The fraction of sp³-hybridized carbons (Fsp3) is 0.500. The Morgan fingerprint density at radius 2 is 1.97 bits per heavy atom. The number of amides is 1. The second kappa shape index (κ2) is 7.27. The van der Waals surface area contributed by atoms with E-state index < -0.39 is 0 Å². The Labute approximate surface area is 183 Å². The number of carbonyl (C=O) groups excluding carboxylic acids is 1. The zero-order valence-electron chi connectivity index (χ0n) is 18.4. The molecule has 1 saturated heterocycles. The first-order valence-corrected chi connectivity index (χ1v) is 11.2. The highest BCUT2D eigenvalue weighted by atomic mass is 16.5. The van der Waals surface area contributed by atoms with E-state index in [0.29, 0.717) is 29.8 Å². The van der Waals surface area contributed by atoms with Crippen LogP contribution in [0.5, 0.6) is 11.5 Å². The van der Waals surface area contributed by atoms with Crippen LogP contribution in [-0.2, 0) is 4.74 Å². The number of carbonyl (C=O) groups is 1. The number of aromatic hydroxyl groups is 1. The fourth-order valence-electron chi connectivity index (χ4n) is 6.81. The number of hydrogen-bond acceptors (Lipinski definition) is 4. The van der Waals surface area contributed by atoms with Gasteiger partial charge >= 0.3 is 0 Å². The van der Waals surface area contributed by atoms with Crippen LogP contribution in [0.2, 0.25) is 0 Å². The first kappa shape index (κ1) is 20.4. The Hall–Kier alpha value is -2.53. The molecule has 1 amide bonds. The molecule has 2 aliphatic carbocycles. The maximum Gasteiger partial charge on any atom is 0.251 e. The van der Waals surface area contributed by atoms with Gasteiger partial charge in [-0.1, -0.05) is 44.2 Å². The molecular formula is C26H31NO4. The van der Waals surface area contributed by atoms with E-state index in [2.05, 4.69) is 43.4 Å². The van der Waals surface area contributed by atoms with Crippen LogP contribution in [0.4, 0.5) is 0 Å². The first-order valence-electron chi connectivity index (χ1n) is 11.2. The molecule has 0 aromatic heterocycles. The Morgan fingerprint density at radius 3 is 2.68 bits per heavy atom. The minimum Gasteiger partial charge on any atom is -0.504 e. The van der Waals surface area contributed by atoms with Gasteiger partial charge in [0, 0.05) is 18.2 Å². The van der Waals surface area contributed by atoms with Gasteiger partial charge in [-0.2, -0.15) is 0 Å². The summed E-state index contributed by atoms with van der Waals surface area (Å²) in [6.07, 6.45) is 3.33. The number of phenols is 1. The molecule has 2 aromatic carbocycles. The van der Waals surface area contributed by atoms with Crippen molar-refractivity contribution in [3.63, 3.8) is 0 Å². The summed E-state index contributed by atoms with van der Waals surface area (Å²) >= 11 is 0. The van der Waals surface area contributed by atoms with Crippen LogP contribution >= 0.6 is 0 Å². The van der Waals surface area contributed by atoms with Crippen LogP contribution < -0.4 is 10.1 Å². The molecule has 2 N–H and O–H groups in total. The van der Waals surface area contributed by atoms with Gasteiger partial charge in [-0.05, 0) is 65.7 Å². The monoisotopic (exact) mass is 421 g/mol. The fourth-order valence-corrected chi connectivity index (χ4v) is 6.81. The van der Waals surface area contributed by atoms with Gasteiger partial charge in [-0.25, -0.2) is 0 Å². The van der Waals surface area contributed by atoms with Gasteiger partial charge in [-0.3, -0.25) is 4.79 Å². The van der Waals surface area contributed by atoms with Gasteiger partial charge in [0.15, 0.2) is 11.5 Å². The van der Waals surface area contributed by atoms with Crippen LogP contribution in [0.1, 0.15) is 55.1 Å². The smallest absolute Gasteiger partial charge is 0.251 e. The number of phenolic OH excluding ortho intramolecular Hbond substituents is 1. The summed E-state index contributed by atoms with van der Waals surface area (Å²) in [5.74, 6) is 1.16. The quantitative estimate of drug-likeness (QED) is 0.750. The van der Waals surface area contributed by atoms with E-state index in [4.69, 9.17) is 9.47 Å². The second-order valence-corrected chi connectivity index (χ2v) is 10.0. The highest BCUT2D eigenvalue weighted by Crippen LogP contribution is 2.70. The predicted octanol–water partition coefficient (Wildman–Crippen LogP) is 4.71. The van der Waals surface area contributed by atoms with Crippen molar-refractivity contribution in [1.82, 2.24) is 5.32 Å². The zero-order chi connectivity index (χ0) is 21.8. The third-order valence-corrected chi connectivity index (χ3v) is 8.35. The molecule has 2 saturated carbocycles. The molecule has 164 valence electrons. The lowest BCUT2D eigenvalue weighted by Crippen LogP contribution is -2.58. The van der Waals surface area contributed by atoms with Gasteiger partial charge in [0.05, 0.1) is 13.2 Å². The molecule has 5 nitrogen and oxygen atoms in total. The summed E-state index contributed by atoms with van der Waals surface area (Å²) in [6.45, 7) is 5.31. The first-order chi connectivity index (χ1) is 14.9. The predicted molar refractivity (Wildman–Crippen MR) is 118 cm³/mol. The summed E-state index contributed by atoms with van der Waals surface area (Å²) in [5, 5.41) is 13.5.